The fourth-order valence-corrected chi connectivity index (χ4v) is 3.49. The van der Waals surface area contributed by atoms with Gasteiger partial charge in [-0.3, -0.25) is 4.79 Å². The van der Waals surface area contributed by atoms with Gasteiger partial charge in [0, 0.05) is 49.1 Å². The maximum Gasteiger partial charge on any atom is 0.254 e. The summed E-state index contributed by atoms with van der Waals surface area (Å²) in [7, 11) is 0. The number of carbonyl (C=O) groups is 1. The van der Waals surface area contributed by atoms with Crippen LogP contribution in [0.3, 0.4) is 0 Å². The van der Waals surface area contributed by atoms with Crippen LogP contribution in [-0.4, -0.2) is 47.0 Å². The summed E-state index contributed by atoms with van der Waals surface area (Å²) < 4.78 is 13.4. The average Bonchev–Trinajstić information content (AvgIpc) is 2.73. The molecule has 0 saturated carbocycles. The van der Waals surface area contributed by atoms with Crippen molar-refractivity contribution in [3.63, 3.8) is 0 Å². The Kier molecular flexibility index (Phi) is 5.25. The molecule has 3 aromatic rings. The van der Waals surface area contributed by atoms with E-state index in [0.29, 0.717) is 37.6 Å². The fourth-order valence-electron chi connectivity index (χ4n) is 3.49. The molecule has 4 rings (SSSR count). The SMILES string of the molecule is Cc1ccc(-c2nc(C)cc(N3CCN(C(=O)c4cccc(F)c4)CC3)n2)cc1. The second kappa shape index (κ2) is 7.99. The summed E-state index contributed by atoms with van der Waals surface area (Å²) >= 11 is 0. The molecule has 1 aliphatic rings. The molecule has 1 fully saturated rings. The summed E-state index contributed by atoms with van der Waals surface area (Å²) in [5.74, 6) is 1.04. The van der Waals surface area contributed by atoms with Gasteiger partial charge in [0.1, 0.15) is 11.6 Å². The Morgan fingerprint density at radius 2 is 1.66 bits per heavy atom. The van der Waals surface area contributed by atoms with Crippen molar-refractivity contribution in [3.8, 4) is 11.4 Å². The molecule has 5 nitrogen and oxygen atoms in total. The van der Waals surface area contributed by atoms with Crippen molar-refractivity contribution in [2.24, 2.45) is 0 Å². The van der Waals surface area contributed by atoms with E-state index in [1.54, 1.807) is 17.0 Å². The first kappa shape index (κ1) is 19.1. The molecule has 0 radical (unpaired) electrons. The third-order valence-corrected chi connectivity index (χ3v) is 5.11. The molecular formula is C23H23FN4O. The highest BCUT2D eigenvalue weighted by Gasteiger charge is 2.23. The van der Waals surface area contributed by atoms with Crippen LogP contribution in [0.15, 0.2) is 54.6 Å². The van der Waals surface area contributed by atoms with Crippen LogP contribution in [0.5, 0.6) is 0 Å². The normalized spacial score (nSPS) is 14.2. The molecule has 0 bridgehead atoms. The van der Waals surface area contributed by atoms with Gasteiger partial charge in [0.25, 0.3) is 5.91 Å². The molecule has 0 atom stereocenters. The molecular weight excluding hydrogens is 367 g/mol. The maximum atomic E-state index is 13.4. The van der Waals surface area contributed by atoms with Crippen LogP contribution in [0.4, 0.5) is 10.2 Å². The zero-order valence-electron chi connectivity index (χ0n) is 16.6. The number of hydrogen-bond donors (Lipinski definition) is 0. The second-order valence-corrected chi connectivity index (χ2v) is 7.35. The van der Waals surface area contributed by atoms with Gasteiger partial charge in [0.05, 0.1) is 0 Å². The lowest BCUT2D eigenvalue weighted by Gasteiger charge is -2.35. The van der Waals surface area contributed by atoms with E-state index in [-0.39, 0.29) is 5.91 Å². The minimum absolute atomic E-state index is 0.136. The topological polar surface area (TPSA) is 49.3 Å². The van der Waals surface area contributed by atoms with Crippen LogP contribution in [0.25, 0.3) is 11.4 Å². The largest absolute Gasteiger partial charge is 0.353 e. The minimum Gasteiger partial charge on any atom is -0.353 e. The van der Waals surface area contributed by atoms with Crippen molar-refractivity contribution >= 4 is 11.7 Å². The quantitative estimate of drug-likeness (QED) is 0.681. The molecule has 148 valence electrons. The summed E-state index contributed by atoms with van der Waals surface area (Å²) in [4.78, 5) is 25.9. The van der Waals surface area contributed by atoms with Gasteiger partial charge < -0.3 is 9.80 Å². The second-order valence-electron chi connectivity index (χ2n) is 7.35. The van der Waals surface area contributed by atoms with E-state index >= 15 is 0 Å². The summed E-state index contributed by atoms with van der Waals surface area (Å²) in [5, 5.41) is 0. The Hall–Kier alpha value is -3.28. The van der Waals surface area contributed by atoms with E-state index in [9.17, 15) is 9.18 Å². The molecule has 1 aliphatic heterocycles. The zero-order chi connectivity index (χ0) is 20.4. The Balaban J connectivity index is 1.48. The van der Waals surface area contributed by atoms with Crippen molar-refractivity contribution < 1.29 is 9.18 Å². The average molecular weight is 390 g/mol. The first-order valence-corrected chi connectivity index (χ1v) is 9.72. The maximum absolute atomic E-state index is 13.4. The highest BCUT2D eigenvalue weighted by atomic mass is 19.1. The van der Waals surface area contributed by atoms with Crippen LogP contribution in [-0.2, 0) is 0 Å². The van der Waals surface area contributed by atoms with Gasteiger partial charge in [-0.2, -0.15) is 0 Å². The van der Waals surface area contributed by atoms with Crippen LogP contribution >= 0.6 is 0 Å². The van der Waals surface area contributed by atoms with Crippen molar-refractivity contribution in [2.45, 2.75) is 13.8 Å². The molecule has 0 spiro atoms. The van der Waals surface area contributed by atoms with Crippen LogP contribution in [0.2, 0.25) is 0 Å². The van der Waals surface area contributed by atoms with Crippen molar-refractivity contribution in [2.75, 3.05) is 31.1 Å². The number of amides is 1. The Bertz CT molecular complexity index is 1030. The number of aromatic nitrogens is 2. The highest BCUT2D eigenvalue weighted by Crippen LogP contribution is 2.22. The van der Waals surface area contributed by atoms with Crippen LogP contribution in [0.1, 0.15) is 21.6 Å². The number of aryl methyl sites for hydroxylation is 2. The number of halogens is 1. The molecule has 0 unspecified atom stereocenters. The number of hydrogen-bond acceptors (Lipinski definition) is 4. The lowest BCUT2D eigenvalue weighted by molar-refractivity contribution is 0.0746. The Morgan fingerprint density at radius 1 is 0.931 bits per heavy atom. The molecule has 2 heterocycles. The smallest absolute Gasteiger partial charge is 0.254 e. The lowest BCUT2D eigenvalue weighted by atomic mass is 10.1. The van der Waals surface area contributed by atoms with E-state index in [1.807, 2.05) is 25.1 Å². The van der Waals surface area contributed by atoms with Gasteiger partial charge in [-0.1, -0.05) is 35.9 Å². The number of piperazine rings is 1. The number of nitrogens with zero attached hydrogens (tertiary/aromatic N) is 4. The summed E-state index contributed by atoms with van der Waals surface area (Å²) in [5.41, 5.74) is 3.48. The van der Waals surface area contributed by atoms with Crippen molar-refractivity contribution in [1.82, 2.24) is 14.9 Å². The standard InChI is InChI=1S/C23H23FN4O/c1-16-6-8-18(9-7-16)22-25-17(2)14-21(26-22)27-10-12-28(13-11-27)23(29)19-4-3-5-20(24)15-19/h3-9,14-15H,10-13H2,1-2H3. The van der Waals surface area contributed by atoms with Gasteiger partial charge in [0.2, 0.25) is 0 Å². The zero-order valence-corrected chi connectivity index (χ0v) is 16.6. The molecule has 6 heteroatoms. The highest BCUT2D eigenvalue weighted by molar-refractivity contribution is 5.94. The predicted octanol–water partition coefficient (Wildman–Crippen LogP) is 3.86. The molecule has 1 saturated heterocycles. The van der Waals surface area contributed by atoms with Crippen LogP contribution in [0, 0.1) is 19.7 Å². The Morgan fingerprint density at radius 3 is 2.34 bits per heavy atom. The van der Waals surface area contributed by atoms with E-state index in [0.717, 1.165) is 17.1 Å². The predicted molar refractivity (Wildman–Crippen MR) is 111 cm³/mol. The molecule has 2 aromatic carbocycles. The van der Waals surface area contributed by atoms with Crippen molar-refractivity contribution in [1.29, 1.82) is 0 Å². The molecule has 1 amide bonds. The van der Waals surface area contributed by atoms with Gasteiger partial charge in [-0.25, -0.2) is 14.4 Å². The van der Waals surface area contributed by atoms with E-state index in [4.69, 9.17) is 4.98 Å². The van der Waals surface area contributed by atoms with Gasteiger partial charge in [-0.15, -0.1) is 0 Å². The monoisotopic (exact) mass is 390 g/mol. The van der Waals surface area contributed by atoms with E-state index in [1.165, 1.54) is 17.7 Å². The van der Waals surface area contributed by atoms with Crippen LogP contribution < -0.4 is 4.90 Å². The number of benzene rings is 2. The number of carbonyl (C=O) groups excluding carboxylic acids is 1. The molecule has 0 aliphatic carbocycles. The first-order valence-electron chi connectivity index (χ1n) is 9.72. The molecule has 1 aromatic heterocycles. The van der Waals surface area contributed by atoms with Gasteiger partial charge in [-0.05, 0) is 32.0 Å². The summed E-state index contributed by atoms with van der Waals surface area (Å²) in [6.07, 6.45) is 0. The third-order valence-electron chi connectivity index (χ3n) is 5.11. The minimum atomic E-state index is -0.394. The summed E-state index contributed by atoms with van der Waals surface area (Å²) in [6, 6.07) is 16.0. The van der Waals surface area contributed by atoms with Crippen molar-refractivity contribution in [3.05, 3.63) is 77.2 Å². The fraction of sp³-hybridized carbons (Fsp3) is 0.261. The molecule has 29 heavy (non-hydrogen) atoms. The van der Waals surface area contributed by atoms with E-state index in [2.05, 4.69) is 28.9 Å². The van der Waals surface area contributed by atoms with Gasteiger partial charge in [0.15, 0.2) is 5.82 Å². The first-order chi connectivity index (χ1) is 14.0. The Labute approximate surface area is 169 Å². The van der Waals surface area contributed by atoms with Gasteiger partial charge >= 0.3 is 0 Å². The summed E-state index contributed by atoms with van der Waals surface area (Å²) in [6.45, 7) is 6.50. The van der Waals surface area contributed by atoms with E-state index < -0.39 is 5.82 Å². The lowest BCUT2D eigenvalue weighted by Crippen LogP contribution is -2.49. The number of anilines is 1. The third kappa shape index (κ3) is 4.26. The molecule has 0 N–H and O–H groups in total. The number of rotatable bonds is 3.